The summed E-state index contributed by atoms with van der Waals surface area (Å²) in [7, 11) is 0. The summed E-state index contributed by atoms with van der Waals surface area (Å²) in [4.78, 5) is 0. The maximum Gasteiger partial charge on any atom is 0.147 e. The molecule has 0 bridgehead atoms. The average molecular weight is 259 g/mol. The molecule has 15 heavy (non-hydrogen) atoms. The number of allylic oxidation sites excluding steroid dienone is 4. The Morgan fingerprint density at radius 3 is 1.33 bits per heavy atom. The van der Waals surface area contributed by atoms with E-state index in [0.29, 0.717) is 0 Å². The summed E-state index contributed by atoms with van der Waals surface area (Å²) in [5.74, 6) is 0. The van der Waals surface area contributed by atoms with E-state index in [1.165, 1.54) is 12.1 Å². The van der Waals surface area contributed by atoms with Crippen LogP contribution in [0.2, 0.25) is 0 Å². The molecule has 74 valence electrons. The van der Waals surface area contributed by atoms with Crippen LogP contribution in [0.5, 0.6) is 0 Å². The SMILES string of the molecule is N#CC(Cl)=C(Cl)C#N.N#CC=C(Cl)C#N. The highest BCUT2D eigenvalue weighted by Gasteiger charge is 1.95. The van der Waals surface area contributed by atoms with E-state index < -0.39 is 0 Å². The van der Waals surface area contributed by atoms with Gasteiger partial charge in [-0.3, -0.25) is 0 Å². The average Bonchev–Trinajstić information content (AvgIpc) is 2.27. The number of hydrogen-bond donors (Lipinski definition) is 0. The number of rotatable bonds is 0. The van der Waals surface area contributed by atoms with Crippen LogP contribution in [0.25, 0.3) is 0 Å². The van der Waals surface area contributed by atoms with Crippen LogP contribution < -0.4 is 0 Å². The molecule has 0 heterocycles. The van der Waals surface area contributed by atoms with Gasteiger partial charge in [0, 0.05) is 6.08 Å². The van der Waals surface area contributed by atoms with Crippen LogP contribution >= 0.6 is 34.8 Å². The monoisotopic (exact) mass is 258 g/mol. The third-order valence-corrected chi connectivity index (χ3v) is 1.52. The van der Waals surface area contributed by atoms with E-state index in [4.69, 9.17) is 55.9 Å². The highest BCUT2D eigenvalue weighted by molar-refractivity contribution is 6.42. The molecule has 0 saturated carbocycles. The van der Waals surface area contributed by atoms with Crippen molar-refractivity contribution in [1.29, 1.82) is 21.0 Å². The Morgan fingerprint density at radius 2 is 1.20 bits per heavy atom. The quantitative estimate of drug-likeness (QED) is 0.625. The Bertz CT molecular complexity index is 414. The van der Waals surface area contributed by atoms with Gasteiger partial charge in [0.1, 0.15) is 33.3 Å². The molecule has 0 aliphatic rings. The van der Waals surface area contributed by atoms with Gasteiger partial charge in [0.15, 0.2) is 0 Å². The molecule has 4 nitrogen and oxygen atoms in total. The number of nitrogens with zero attached hydrogens (tertiary/aromatic N) is 4. The normalized spacial score (nSPS) is 10.2. The summed E-state index contributed by atoms with van der Waals surface area (Å²) in [5, 5.41) is 31.0. The Balaban J connectivity index is 0. The second kappa shape index (κ2) is 10.4. The summed E-state index contributed by atoms with van der Waals surface area (Å²) >= 11 is 15.2. The fourth-order valence-electron chi connectivity index (χ4n) is 0.187. The molecule has 0 amide bonds. The van der Waals surface area contributed by atoms with Gasteiger partial charge in [-0.25, -0.2) is 0 Å². The topological polar surface area (TPSA) is 95.2 Å². The Kier molecular flexibility index (Phi) is 10.9. The van der Waals surface area contributed by atoms with Gasteiger partial charge in [0.2, 0.25) is 0 Å². The van der Waals surface area contributed by atoms with Crippen LogP contribution in [0.3, 0.4) is 0 Å². The van der Waals surface area contributed by atoms with Crippen molar-refractivity contribution in [1.82, 2.24) is 0 Å². The van der Waals surface area contributed by atoms with E-state index in [0.717, 1.165) is 6.08 Å². The second-order valence-corrected chi connectivity index (χ2v) is 2.75. The molecule has 0 unspecified atom stereocenters. The first-order valence-electron chi connectivity index (χ1n) is 3.04. The van der Waals surface area contributed by atoms with Crippen molar-refractivity contribution in [3.63, 3.8) is 0 Å². The van der Waals surface area contributed by atoms with Crippen molar-refractivity contribution in [2.24, 2.45) is 0 Å². The molecule has 0 N–H and O–H groups in total. The summed E-state index contributed by atoms with van der Waals surface area (Å²) < 4.78 is 0. The molecular formula is C8HCl3N4. The molecule has 0 aromatic carbocycles. The van der Waals surface area contributed by atoms with Crippen molar-refractivity contribution < 1.29 is 0 Å². The van der Waals surface area contributed by atoms with E-state index in [1.807, 2.05) is 0 Å². The molecule has 0 fully saturated rings. The minimum absolute atomic E-state index is 0.0810. The molecule has 0 aromatic heterocycles. The van der Waals surface area contributed by atoms with Crippen LogP contribution in [-0.2, 0) is 0 Å². The molecule has 0 spiro atoms. The van der Waals surface area contributed by atoms with Crippen molar-refractivity contribution in [2.45, 2.75) is 0 Å². The summed E-state index contributed by atoms with van der Waals surface area (Å²) in [6.45, 7) is 0. The van der Waals surface area contributed by atoms with Crippen LogP contribution in [0.4, 0.5) is 0 Å². The van der Waals surface area contributed by atoms with Gasteiger partial charge in [-0.1, -0.05) is 34.8 Å². The highest BCUT2D eigenvalue weighted by Crippen LogP contribution is 2.10. The maximum absolute atomic E-state index is 7.96. The van der Waals surface area contributed by atoms with Crippen LogP contribution in [0.1, 0.15) is 0 Å². The third kappa shape index (κ3) is 10.2. The standard InChI is InChI=1S/C4Cl2N2.C4HClN2/c5-3(1-7)4(6)2-8;5-4(3-7)1-2-6/h;1H. The lowest BCUT2D eigenvalue weighted by atomic mass is 10.5. The smallest absolute Gasteiger partial charge is 0.147 e. The van der Waals surface area contributed by atoms with Gasteiger partial charge >= 0.3 is 0 Å². The lowest BCUT2D eigenvalue weighted by Crippen LogP contribution is -1.66. The fraction of sp³-hybridized carbons (Fsp3) is 0. The summed E-state index contributed by atoms with van der Waals surface area (Å²) in [5.41, 5.74) is 0. The van der Waals surface area contributed by atoms with E-state index >= 15 is 0 Å². The minimum atomic E-state index is -0.269. The van der Waals surface area contributed by atoms with E-state index in [1.54, 1.807) is 12.1 Å². The van der Waals surface area contributed by atoms with Crippen molar-refractivity contribution >= 4 is 34.8 Å². The van der Waals surface area contributed by atoms with Gasteiger partial charge in [-0.05, 0) is 0 Å². The number of nitriles is 4. The lowest BCUT2D eigenvalue weighted by molar-refractivity contribution is 1.50. The van der Waals surface area contributed by atoms with Crippen molar-refractivity contribution in [2.75, 3.05) is 0 Å². The molecular weight excluding hydrogens is 258 g/mol. The number of hydrogen-bond acceptors (Lipinski definition) is 4. The predicted molar refractivity (Wildman–Crippen MR) is 55.1 cm³/mol. The first-order chi connectivity index (χ1) is 7.03. The van der Waals surface area contributed by atoms with Crippen molar-refractivity contribution in [3.8, 4) is 24.3 Å². The Hall–Kier alpha value is -1.69. The van der Waals surface area contributed by atoms with Crippen LogP contribution in [-0.4, -0.2) is 0 Å². The van der Waals surface area contributed by atoms with Gasteiger partial charge in [0.25, 0.3) is 0 Å². The minimum Gasteiger partial charge on any atom is -0.193 e. The Labute approximate surface area is 101 Å². The zero-order valence-electron chi connectivity index (χ0n) is 7.00. The molecule has 0 radical (unpaired) electrons. The fourth-order valence-corrected chi connectivity index (χ4v) is 0.320. The maximum atomic E-state index is 7.96. The molecule has 0 saturated heterocycles. The van der Waals surface area contributed by atoms with Crippen molar-refractivity contribution in [3.05, 3.63) is 21.2 Å². The lowest BCUT2D eigenvalue weighted by Gasteiger charge is -1.76. The highest BCUT2D eigenvalue weighted by atomic mass is 35.5. The number of halogens is 3. The summed E-state index contributed by atoms with van der Waals surface area (Å²) in [6.07, 6.45) is 0.974. The second-order valence-electron chi connectivity index (χ2n) is 1.58. The summed E-state index contributed by atoms with van der Waals surface area (Å²) in [6, 6.07) is 6.18. The largest absolute Gasteiger partial charge is 0.193 e. The first kappa shape index (κ1) is 15.8. The van der Waals surface area contributed by atoms with E-state index in [9.17, 15) is 0 Å². The van der Waals surface area contributed by atoms with E-state index in [-0.39, 0.29) is 15.1 Å². The zero-order valence-corrected chi connectivity index (χ0v) is 9.27. The molecule has 0 atom stereocenters. The van der Waals surface area contributed by atoms with Crippen LogP contribution in [0, 0.1) is 45.3 Å². The Morgan fingerprint density at radius 1 is 0.800 bits per heavy atom. The molecule has 0 aliphatic carbocycles. The van der Waals surface area contributed by atoms with Crippen LogP contribution in [0.15, 0.2) is 21.2 Å². The molecule has 7 heteroatoms. The molecule has 0 rings (SSSR count). The third-order valence-electron chi connectivity index (χ3n) is 0.687. The zero-order chi connectivity index (χ0) is 12.3. The van der Waals surface area contributed by atoms with Gasteiger partial charge in [-0.2, -0.15) is 21.0 Å². The van der Waals surface area contributed by atoms with E-state index in [2.05, 4.69) is 0 Å². The molecule has 0 aromatic rings. The first-order valence-corrected chi connectivity index (χ1v) is 4.17. The molecule has 0 aliphatic heterocycles. The van der Waals surface area contributed by atoms with Gasteiger partial charge in [0.05, 0.1) is 6.07 Å². The van der Waals surface area contributed by atoms with Gasteiger partial charge in [-0.15, -0.1) is 0 Å². The predicted octanol–water partition coefficient (Wildman–Crippen LogP) is 2.88. The van der Waals surface area contributed by atoms with Gasteiger partial charge < -0.3 is 0 Å².